The molecule has 1 aromatic carbocycles. The highest BCUT2D eigenvalue weighted by Gasteiger charge is 2.19. The van der Waals surface area contributed by atoms with E-state index in [4.69, 9.17) is 5.26 Å². The van der Waals surface area contributed by atoms with E-state index in [1.165, 1.54) is 0 Å². The number of aryl methyl sites for hydroxylation is 1. The lowest BCUT2D eigenvalue weighted by molar-refractivity contribution is -0.142. The van der Waals surface area contributed by atoms with Gasteiger partial charge in [-0.15, -0.1) is 4.52 Å². The maximum absolute atomic E-state index is 10.5. The molecule has 1 aromatic rings. The van der Waals surface area contributed by atoms with Gasteiger partial charge in [-0.05, 0) is 12.5 Å². The van der Waals surface area contributed by atoms with Crippen LogP contribution in [-0.4, -0.2) is 5.26 Å². The fourth-order valence-electron chi connectivity index (χ4n) is 0.953. The summed E-state index contributed by atoms with van der Waals surface area (Å²) in [6.45, 7) is 2.11. The summed E-state index contributed by atoms with van der Waals surface area (Å²) in [6.07, 6.45) is 0. The third-order valence-electron chi connectivity index (χ3n) is 1.49. The third-order valence-corrected chi connectivity index (χ3v) is 1.96. The SMILES string of the molecule is Cc1cccc(CO[P+](=O)OO)c1. The van der Waals surface area contributed by atoms with Crippen molar-refractivity contribution in [3.8, 4) is 0 Å². The van der Waals surface area contributed by atoms with E-state index in [1.54, 1.807) is 0 Å². The third kappa shape index (κ3) is 3.61. The summed E-state index contributed by atoms with van der Waals surface area (Å²) < 4.78 is 18.7. The van der Waals surface area contributed by atoms with Crippen LogP contribution in [0.15, 0.2) is 24.3 Å². The predicted octanol–water partition coefficient (Wildman–Crippen LogP) is 2.66. The summed E-state index contributed by atoms with van der Waals surface area (Å²) in [5, 5.41) is 7.96. The van der Waals surface area contributed by atoms with E-state index in [9.17, 15) is 4.57 Å². The Bertz CT molecular complexity index is 300. The van der Waals surface area contributed by atoms with Crippen molar-refractivity contribution < 1.29 is 19.0 Å². The van der Waals surface area contributed by atoms with Crippen LogP contribution in [0.4, 0.5) is 0 Å². The van der Waals surface area contributed by atoms with Crippen molar-refractivity contribution in [2.45, 2.75) is 13.5 Å². The molecule has 4 nitrogen and oxygen atoms in total. The minimum absolute atomic E-state index is 0.164. The van der Waals surface area contributed by atoms with Crippen molar-refractivity contribution in [2.75, 3.05) is 0 Å². The molecular formula is C8H10O4P+. The Balaban J connectivity index is 2.50. The second kappa shape index (κ2) is 5.04. The van der Waals surface area contributed by atoms with E-state index in [0.717, 1.165) is 11.1 Å². The van der Waals surface area contributed by atoms with Crippen molar-refractivity contribution in [3.05, 3.63) is 35.4 Å². The molecule has 0 bridgehead atoms. The second-order valence-corrected chi connectivity index (χ2v) is 3.44. The average molecular weight is 201 g/mol. The van der Waals surface area contributed by atoms with Gasteiger partial charge in [0.05, 0.1) is 4.67 Å². The van der Waals surface area contributed by atoms with Gasteiger partial charge in [0, 0.05) is 4.57 Å². The van der Waals surface area contributed by atoms with Crippen molar-refractivity contribution in [1.29, 1.82) is 0 Å². The van der Waals surface area contributed by atoms with E-state index >= 15 is 0 Å². The standard InChI is InChI=1S/C8H9O4P/c1-7-3-2-4-8(5-7)6-11-13(10)12-9/h2-5H,6H2,1H3/p+1. The van der Waals surface area contributed by atoms with E-state index in [-0.39, 0.29) is 6.61 Å². The molecule has 1 N–H and O–H groups in total. The lowest BCUT2D eigenvalue weighted by Gasteiger charge is -1.95. The molecule has 1 atom stereocenters. The smallest absolute Gasteiger partial charge is 0.202 e. The number of rotatable bonds is 4. The maximum Gasteiger partial charge on any atom is 0.728 e. The zero-order valence-corrected chi connectivity index (χ0v) is 8.03. The van der Waals surface area contributed by atoms with Gasteiger partial charge >= 0.3 is 8.25 Å². The first kappa shape index (κ1) is 10.3. The molecule has 0 aliphatic rings. The lowest BCUT2D eigenvalue weighted by Crippen LogP contribution is -1.87. The van der Waals surface area contributed by atoms with Gasteiger partial charge < -0.3 is 0 Å². The lowest BCUT2D eigenvalue weighted by atomic mass is 10.1. The fraction of sp³-hybridized carbons (Fsp3) is 0.250. The molecule has 0 aromatic heterocycles. The molecule has 1 rings (SSSR count). The highest BCUT2D eigenvalue weighted by Crippen LogP contribution is 2.23. The summed E-state index contributed by atoms with van der Waals surface area (Å²) in [6, 6.07) is 7.57. The zero-order valence-electron chi connectivity index (χ0n) is 7.14. The Morgan fingerprint density at radius 1 is 1.54 bits per heavy atom. The first-order chi connectivity index (χ1) is 6.22. The van der Waals surface area contributed by atoms with Gasteiger partial charge in [-0.25, -0.2) is 5.26 Å². The van der Waals surface area contributed by atoms with Gasteiger partial charge in [-0.3, -0.25) is 0 Å². The minimum Gasteiger partial charge on any atom is -0.202 e. The van der Waals surface area contributed by atoms with Crippen LogP contribution in [0.5, 0.6) is 0 Å². The first-order valence-corrected chi connectivity index (χ1v) is 4.79. The molecule has 0 spiro atoms. The van der Waals surface area contributed by atoms with E-state index in [1.807, 2.05) is 31.2 Å². The van der Waals surface area contributed by atoms with Crippen LogP contribution in [0.1, 0.15) is 11.1 Å². The highest BCUT2D eigenvalue weighted by molar-refractivity contribution is 7.33. The quantitative estimate of drug-likeness (QED) is 0.462. The number of benzene rings is 1. The molecule has 0 radical (unpaired) electrons. The van der Waals surface area contributed by atoms with Gasteiger partial charge in [0.2, 0.25) is 0 Å². The maximum atomic E-state index is 10.5. The molecule has 1 unspecified atom stereocenters. The van der Waals surface area contributed by atoms with E-state index in [2.05, 4.69) is 9.20 Å². The molecule has 0 fully saturated rings. The molecule has 0 saturated heterocycles. The zero-order chi connectivity index (χ0) is 9.68. The van der Waals surface area contributed by atoms with Crippen LogP contribution in [0, 0.1) is 6.92 Å². The van der Waals surface area contributed by atoms with Crippen molar-refractivity contribution in [2.24, 2.45) is 0 Å². The Labute approximate surface area is 77.0 Å². The Kier molecular flexibility index (Phi) is 3.99. The molecule has 0 aliphatic heterocycles. The van der Waals surface area contributed by atoms with Crippen LogP contribution in [-0.2, 0) is 20.4 Å². The number of hydrogen-bond acceptors (Lipinski definition) is 4. The minimum atomic E-state index is -2.41. The highest BCUT2D eigenvalue weighted by atomic mass is 31.1. The van der Waals surface area contributed by atoms with Crippen molar-refractivity contribution in [1.82, 2.24) is 0 Å². The molecule has 0 heterocycles. The van der Waals surface area contributed by atoms with Crippen molar-refractivity contribution >= 4 is 8.25 Å². The monoisotopic (exact) mass is 201 g/mol. The average Bonchev–Trinajstić information content (AvgIpc) is 2.14. The van der Waals surface area contributed by atoms with E-state index < -0.39 is 8.25 Å². The summed E-state index contributed by atoms with van der Waals surface area (Å²) in [5.41, 5.74) is 1.99. The molecule has 13 heavy (non-hydrogen) atoms. The Hall–Kier alpha value is -0.800. The molecular weight excluding hydrogens is 191 g/mol. The van der Waals surface area contributed by atoms with Gasteiger partial charge in [-0.1, -0.05) is 29.8 Å². The van der Waals surface area contributed by atoms with Crippen molar-refractivity contribution in [3.63, 3.8) is 0 Å². The van der Waals surface area contributed by atoms with Gasteiger partial charge in [0.25, 0.3) is 0 Å². The summed E-state index contributed by atoms with van der Waals surface area (Å²) >= 11 is 0. The molecule has 0 aliphatic carbocycles. The largest absolute Gasteiger partial charge is 0.728 e. The number of hydrogen-bond donors (Lipinski definition) is 1. The van der Waals surface area contributed by atoms with Crippen LogP contribution < -0.4 is 0 Å². The normalized spacial score (nSPS) is 11.4. The van der Waals surface area contributed by atoms with E-state index in [0.29, 0.717) is 0 Å². The van der Waals surface area contributed by atoms with Gasteiger partial charge in [0.1, 0.15) is 6.61 Å². The Morgan fingerprint density at radius 3 is 2.92 bits per heavy atom. The van der Waals surface area contributed by atoms with Crippen LogP contribution in [0.25, 0.3) is 0 Å². The first-order valence-electron chi connectivity index (χ1n) is 3.69. The summed E-state index contributed by atoms with van der Waals surface area (Å²) in [4.78, 5) is 0. The fourth-order valence-corrected chi connectivity index (χ4v) is 1.25. The second-order valence-electron chi connectivity index (χ2n) is 2.57. The topological polar surface area (TPSA) is 55.8 Å². The predicted molar refractivity (Wildman–Crippen MR) is 47.3 cm³/mol. The molecule has 0 amide bonds. The molecule has 70 valence electrons. The molecule has 0 saturated carbocycles. The Morgan fingerprint density at radius 2 is 2.31 bits per heavy atom. The van der Waals surface area contributed by atoms with Crippen LogP contribution >= 0.6 is 8.25 Å². The molecule has 5 heteroatoms. The van der Waals surface area contributed by atoms with Crippen LogP contribution in [0.3, 0.4) is 0 Å². The summed E-state index contributed by atoms with van der Waals surface area (Å²) in [5.74, 6) is 0. The van der Waals surface area contributed by atoms with Crippen LogP contribution in [0.2, 0.25) is 0 Å². The summed E-state index contributed by atoms with van der Waals surface area (Å²) in [7, 11) is -2.41. The van der Waals surface area contributed by atoms with Gasteiger partial charge in [0.15, 0.2) is 0 Å². The van der Waals surface area contributed by atoms with Gasteiger partial charge in [-0.2, -0.15) is 0 Å².